The van der Waals surface area contributed by atoms with Gasteiger partial charge in [0.2, 0.25) is 0 Å². The molecule has 0 aliphatic carbocycles. The smallest absolute Gasteiger partial charge is 0.323 e. The van der Waals surface area contributed by atoms with Gasteiger partial charge in [0.05, 0.1) is 10.9 Å². The van der Waals surface area contributed by atoms with Gasteiger partial charge in [0.25, 0.3) is 9.05 Å². The van der Waals surface area contributed by atoms with Crippen LogP contribution in [0.1, 0.15) is 0 Å². The van der Waals surface area contributed by atoms with Crippen LogP contribution in [0, 0.1) is 5.82 Å². The van der Waals surface area contributed by atoms with Crippen molar-refractivity contribution in [3.63, 3.8) is 0 Å². The quantitative estimate of drug-likeness (QED) is 0.875. The molecule has 2 aromatic rings. The summed E-state index contributed by atoms with van der Waals surface area (Å²) >= 11 is 0. The molecule has 0 saturated carbocycles. The zero-order valence-corrected chi connectivity index (χ0v) is 10.4. The summed E-state index contributed by atoms with van der Waals surface area (Å²) in [5.41, 5.74) is 0.164. The maximum Gasteiger partial charge on any atom is 0.323 e. The van der Waals surface area contributed by atoms with Gasteiger partial charge in [0, 0.05) is 16.9 Å². The van der Waals surface area contributed by atoms with Gasteiger partial charge in [-0.05, 0) is 12.1 Å². The predicted molar refractivity (Wildman–Crippen MR) is 62.6 cm³/mol. The Balaban J connectivity index is 2.84. The molecule has 1 aromatic heterocycles. The van der Waals surface area contributed by atoms with E-state index in [1.807, 2.05) is 0 Å². The van der Waals surface area contributed by atoms with Gasteiger partial charge >= 0.3 is 5.97 Å². The third-order valence-electron chi connectivity index (χ3n) is 2.39. The van der Waals surface area contributed by atoms with Gasteiger partial charge in [-0.3, -0.25) is 4.79 Å². The molecule has 0 saturated heterocycles. The molecule has 1 heterocycles. The van der Waals surface area contributed by atoms with E-state index in [2.05, 4.69) is 0 Å². The fourth-order valence-corrected chi connectivity index (χ4v) is 2.78. The Kier molecular flexibility index (Phi) is 3.04. The summed E-state index contributed by atoms with van der Waals surface area (Å²) in [4.78, 5) is 10.2. The Bertz CT molecular complexity index is 738. The number of carboxylic acids is 1. The van der Waals surface area contributed by atoms with Gasteiger partial charge in [-0.25, -0.2) is 12.8 Å². The highest BCUT2D eigenvalue weighted by Gasteiger charge is 2.22. The molecule has 96 valence electrons. The lowest BCUT2D eigenvalue weighted by atomic mass is 10.2. The molecular weight excluding hydrogens is 285 g/mol. The van der Waals surface area contributed by atoms with E-state index in [0.717, 1.165) is 16.8 Å². The SMILES string of the molecule is O=C(O)Cn1cc(S(=O)(=O)Cl)c2c(F)cccc21. The van der Waals surface area contributed by atoms with Crippen molar-refractivity contribution in [2.24, 2.45) is 0 Å². The van der Waals surface area contributed by atoms with E-state index in [1.54, 1.807) is 0 Å². The maximum absolute atomic E-state index is 13.6. The summed E-state index contributed by atoms with van der Waals surface area (Å²) in [5.74, 6) is -1.94. The Labute approximate surface area is 106 Å². The summed E-state index contributed by atoms with van der Waals surface area (Å²) < 4.78 is 37.4. The standard InChI is InChI=1S/C10H7ClFNO4S/c11-18(16,17)8-4-13(5-9(14)15)7-3-1-2-6(12)10(7)8/h1-4H,5H2,(H,14,15). The van der Waals surface area contributed by atoms with Crippen molar-refractivity contribution in [1.82, 2.24) is 4.57 Å². The van der Waals surface area contributed by atoms with Gasteiger partial charge < -0.3 is 9.67 Å². The minimum atomic E-state index is -4.15. The van der Waals surface area contributed by atoms with Crippen LogP contribution in [-0.2, 0) is 20.4 Å². The third kappa shape index (κ3) is 2.19. The first kappa shape index (κ1) is 12.8. The average Bonchev–Trinajstić information content (AvgIpc) is 2.57. The van der Waals surface area contributed by atoms with Crippen LogP contribution in [0.4, 0.5) is 4.39 Å². The largest absolute Gasteiger partial charge is 0.480 e. The summed E-state index contributed by atoms with van der Waals surface area (Å²) in [5, 5.41) is 8.51. The van der Waals surface area contributed by atoms with Crippen LogP contribution in [0.25, 0.3) is 10.9 Å². The van der Waals surface area contributed by atoms with Crippen LogP contribution in [0.5, 0.6) is 0 Å². The summed E-state index contributed by atoms with van der Waals surface area (Å²) in [6.07, 6.45) is 1.02. The third-order valence-corrected chi connectivity index (χ3v) is 3.72. The number of hydrogen-bond acceptors (Lipinski definition) is 3. The first-order chi connectivity index (χ1) is 8.30. The zero-order valence-electron chi connectivity index (χ0n) is 8.80. The van der Waals surface area contributed by atoms with Crippen molar-refractivity contribution in [2.45, 2.75) is 11.4 Å². The van der Waals surface area contributed by atoms with Crippen LogP contribution in [0.15, 0.2) is 29.3 Å². The van der Waals surface area contributed by atoms with Crippen LogP contribution in [0.2, 0.25) is 0 Å². The lowest BCUT2D eigenvalue weighted by Gasteiger charge is -2.00. The van der Waals surface area contributed by atoms with E-state index in [0.29, 0.717) is 0 Å². The predicted octanol–water partition coefficient (Wildman–Crippen LogP) is 1.79. The molecule has 1 aromatic carbocycles. The van der Waals surface area contributed by atoms with Crippen LogP contribution >= 0.6 is 10.7 Å². The molecule has 0 fully saturated rings. The second-order valence-corrected chi connectivity index (χ2v) is 6.12. The second kappa shape index (κ2) is 4.25. The Morgan fingerprint density at radius 2 is 2.11 bits per heavy atom. The normalized spacial score (nSPS) is 11.9. The van der Waals surface area contributed by atoms with E-state index in [-0.39, 0.29) is 10.9 Å². The van der Waals surface area contributed by atoms with E-state index >= 15 is 0 Å². The average molecular weight is 292 g/mol. The monoisotopic (exact) mass is 291 g/mol. The first-order valence-electron chi connectivity index (χ1n) is 4.74. The Morgan fingerprint density at radius 3 is 2.67 bits per heavy atom. The van der Waals surface area contributed by atoms with Gasteiger partial charge in [-0.2, -0.15) is 0 Å². The van der Waals surface area contributed by atoms with Crippen molar-refractivity contribution in [3.8, 4) is 0 Å². The van der Waals surface area contributed by atoms with Crippen molar-refractivity contribution < 1.29 is 22.7 Å². The number of aromatic nitrogens is 1. The Hall–Kier alpha value is -1.60. The molecule has 0 atom stereocenters. The highest BCUT2D eigenvalue weighted by atomic mass is 35.7. The lowest BCUT2D eigenvalue weighted by molar-refractivity contribution is -0.137. The molecule has 0 aliphatic rings. The summed E-state index contributed by atoms with van der Waals surface area (Å²) in [7, 11) is 1.06. The second-order valence-electron chi connectivity index (χ2n) is 3.59. The van der Waals surface area contributed by atoms with Gasteiger partial charge in [-0.1, -0.05) is 6.07 Å². The number of carboxylic acid groups (broad SMARTS) is 1. The number of nitrogens with zero attached hydrogens (tertiary/aromatic N) is 1. The van der Waals surface area contributed by atoms with Gasteiger partial charge in [-0.15, -0.1) is 0 Å². The molecule has 0 aliphatic heterocycles. The van der Waals surface area contributed by atoms with E-state index < -0.39 is 32.3 Å². The molecule has 18 heavy (non-hydrogen) atoms. The minimum Gasteiger partial charge on any atom is -0.480 e. The van der Waals surface area contributed by atoms with Gasteiger partial charge in [0.1, 0.15) is 17.3 Å². The molecule has 1 N–H and O–H groups in total. The summed E-state index contributed by atoms with van der Waals surface area (Å²) in [6, 6.07) is 3.87. The van der Waals surface area contributed by atoms with Crippen molar-refractivity contribution in [1.29, 1.82) is 0 Å². The highest BCUT2D eigenvalue weighted by molar-refractivity contribution is 8.14. The Morgan fingerprint density at radius 1 is 1.44 bits per heavy atom. The minimum absolute atomic E-state index is 0.164. The number of rotatable bonds is 3. The number of carbonyl (C=O) groups is 1. The van der Waals surface area contributed by atoms with Crippen LogP contribution in [-0.4, -0.2) is 24.1 Å². The maximum atomic E-state index is 13.6. The number of aliphatic carboxylic acids is 1. The highest BCUT2D eigenvalue weighted by Crippen LogP contribution is 2.30. The molecular formula is C10H7ClFNO4S. The fourth-order valence-electron chi connectivity index (χ4n) is 1.73. The van der Waals surface area contributed by atoms with Crippen molar-refractivity contribution in [2.75, 3.05) is 0 Å². The number of benzene rings is 1. The van der Waals surface area contributed by atoms with Crippen LogP contribution in [0.3, 0.4) is 0 Å². The topological polar surface area (TPSA) is 76.4 Å². The number of halogens is 2. The number of hydrogen-bond donors (Lipinski definition) is 1. The van der Waals surface area contributed by atoms with Crippen molar-refractivity contribution in [3.05, 3.63) is 30.2 Å². The molecule has 0 spiro atoms. The summed E-state index contributed by atoms with van der Waals surface area (Å²) in [6.45, 7) is -0.480. The molecule has 0 bridgehead atoms. The van der Waals surface area contributed by atoms with Crippen LogP contribution < -0.4 is 0 Å². The fraction of sp³-hybridized carbons (Fsp3) is 0.100. The zero-order chi connectivity index (χ0) is 13.5. The molecule has 2 rings (SSSR count). The molecule has 8 heteroatoms. The van der Waals surface area contributed by atoms with E-state index in [1.165, 1.54) is 12.1 Å². The molecule has 0 unspecified atom stereocenters. The van der Waals surface area contributed by atoms with Crippen molar-refractivity contribution >= 4 is 36.6 Å². The van der Waals surface area contributed by atoms with Gasteiger partial charge in [0.15, 0.2) is 0 Å². The first-order valence-corrected chi connectivity index (χ1v) is 7.05. The number of fused-ring (bicyclic) bond motifs is 1. The molecule has 5 nitrogen and oxygen atoms in total. The van der Waals surface area contributed by atoms with E-state index in [9.17, 15) is 17.6 Å². The molecule has 0 radical (unpaired) electrons. The molecule has 0 amide bonds. The van der Waals surface area contributed by atoms with E-state index in [4.69, 9.17) is 15.8 Å². The lowest BCUT2D eigenvalue weighted by Crippen LogP contribution is -2.07.